The molecule has 1 saturated heterocycles. The van der Waals surface area contributed by atoms with Gasteiger partial charge in [-0.1, -0.05) is 12.1 Å². The predicted molar refractivity (Wildman–Crippen MR) is 113 cm³/mol. The number of hydrogen-bond donors (Lipinski definition) is 6. The first-order valence-corrected chi connectivity index (χ1v) is 9.89. The molecule has 4 rings (SSSR count). The SMILES string of the molecule is COc1c(OC2OC(C(=O)O)C(O)C(O)C2O)cc(O)c2c(=O)cc(-c3ccccc3O)oc12. The number of carboxylic acids is 1. The average molecular weight is 476 g/mol. The normalized spacial score (nSPS) is 24.6. The highest BCUT2D eigenvalue weighted by Crippen LogP contribution is 2.43. The van der Waals surface area contributed by atoms with Crippen LogP contribution in [0.2, 0.25) is 0 Å². The number of benzene rings is 2. The number of aliphatic hydroxyl groups excluding tert-OH is 3. The minimum Gasteiger partial charge on any atom is -0.507 e. The van der Waals surface area contributed by atoms with Gasteiger partial charge in [0.25, 0.3) is 0 Å². The van der Waals surface area contributed by atoms with Gasteiger partial charge in [0, 0.05) is 12.1 Å². The van der Waals surface area contributed by atoms with Crippen molar-refractivity contribution in [3.8, 4) is 34.3 Å². The van der Waals surface area contributed by atoms with Crippen molar-refractivity contribution in [1.82, 2.24) is 0 Å². The van der Waals surface area contributed by atoms with Crippen LogP contribution >= 0.6 is 0 Å². The van der Waals surface area contributed by atoms with Gasteiger partial charge in [-0.25, -0.2) is 4.79 Å². The minimum atomic E-state index is -1.93. The zero-order chi connectivity index (χ0) is 24.7. The number of rotatable bonds is 5. The predicted octanol–water partition coefficient (Wildman–Crippen LogP) is 0.151. The Kier molecular flexibility index (Phi) is 6.06. The molecule has 2 heterocycles. The third-order valence-electron chi connectivity index (χ3n) is 5.33. The molecule has 12 heteroatoms. The van der Waals surface area contributed by atoms with Crippen LogP contribution in [-0.2, 0) is 9.53 Å². The zero-order valence-electron chi connectivity index (χ0n) is 17.5. The summed E-state index contributed by atoms with van der Waals surface area (Å²) in [7, 11) is 1.20. The summed E-state index contributed by atoms with van der Waals surface area (Å²) < 4.78 is 21.6. The number of aliphatic carboxylic acids is 1. The Bertz CT molecular complexity index is 1300. The largest absolute Gasteiger partial charge is 0.507 e. The summed E-state index contributed by atoms with van der Waals surface area (Å²) in [6, 6.07) is 8.09. The molecule has 0 bridgehead atoms. The van der Waals surface area contributed by atoms with E-state index in [1.54, 1.807) is 12.1 Å². The van der Waals surface area contributed by atoms with Crippen LogP contribution in [0.5, 0.6) is 23.0 Å². The first kappa shape index (κ1) is 23.3. The second-order valence-corrected chi connectivity index (χ2v) is 7.48. The van der Waals surface area contributed by atoms with Crippen molar-refractivity contribution >= 4 is 16.9 Å². The van der Waals surface area contributed by atoms with Crippen LogP contribution in [-0.4, -0.2) is 74.4 Å². The number of aromatic hydroxyl groups is 2. The molecular formula is C22H20O12. The molecule has 5 unspecified atom stereocenters. The van der Waals surface area contributed by atoms with Gasteiger partial charge in [-0.05, 0) is 12.1 Å². The number of methoxy groups -OCH3 is 1. The highest BCUT2D eigenvalue weighted by molar-refractivity contribution is 5.92. The van der Waals surface area contributed by atoms with Crippen LogP contribution < -0.4 is 14.9 Å². The molecule has 1 aromatic heterocycles. The quantitative estimate of drug-likeness (QED) is 0.292. The highest BCUT2D eigenvalue weighted by atomic mass is 16.7. The van der Waals surface area contributed by atoms with Gasteiger partial charge in [-0.2, -0.15) is 0 Å². The second-order valence-electron chi connectivity index (χ2n) is 7.48. The summed E-state index contributed by atoms with van der Waals surface area (Å²) in [4.78, 5) is 24.1. The van der Waals surface area contributed by atoms with Crippen LogP contribution in [0.25, 0.3) is 22.3 Å². The molecule has 0 amide bonds. The van der Waals surface area contributed by atoms with E-state index in [4.69, 9.17) is 18.6 Å². The number of carbonyl (C=O) groups is 1. The van der Waals surface area contributed by atoms with E-state index in [0.717, 1.165) is 12.1 Å². The van der Waals surface area contributed by atoms with E-state index in [9.17, 15) is 40.2 Å². The van der Waals surface area contributed by atoms with E-state index < -0.39 is 47.9 Å². The van der Waals surface area contributed by atoms with Crippen molar-refractivity contribution < 1.29 is 54.1 Å². The second kappa shape index (κ2) is 8.83. The van der Waals surface area contributed by atoms with Gasteiger partial charge < -0.3 is 49.3 Å². The Hall–Kier alpha value is -3.84. The fraction of sp³-hybridized carbons (Fsp3) is 0.273. The third-order valence-corrected chi connectivity index (χ3v) is 5.33. The number of carboxylic acid groups (broad SMARTS) is 1. The Labute approximate surface area is 190 Å². The Morgan fingerprint density at radius 3 is 2.35 bits per heavy atom. The van der Waals surface area contributed by atoms with Gasteiger partial charge in [0.1, 0.15) is 41.0 Å². The van der Waals surface area contributed by atoms with Crippen LogP contribution in [0.4, 0.5) is 0 Å². The Morgan fingerprint density at radius 2 is 1.71 bits per heavy atom. The van der Waals surface area contributed by atoms with E-state index in [0.29, 0.717) is 0 Å². The van der Waals surface area contributed by atoms with Crippen molar-refractivity contribution in [3.05, 3.63) is 46.6 Å². The lowest BCUT2D eigenvalue weighted by atomic mass is 9.99. The molecule has 0 spiro atoms. The number of para-hydroxylation sites is 1. The monoisotopic (exact) mass is 476 g/mol. The summed E-state index contributed by atoms with van der Waals surface area (Å²) in [5, 5.41) is 59.6. The topological polar surface area (TPSA) is 196 Å². The molecule has 1 fully saturated rings. The maximum absolute atomic E-state index is 12.7. The summed E-state index contributed by atoms with van der Waals surface area (Å²) in [5.74, 6) is -2.99. The van der Waals surface area contributed by atoms with Gasteiger partial charge in [0.05, 0.1) is 12.7 Å². The lowest BCUT2D eigenvalue weighted by Crippen LogP contribution is -2.61. The third kappa shape index (κ3) is 3.88. The van der Waals surface area contributed by atoms with E-state index >= 15 is 0 Å². The van der Waals surface area contributed by atoms with Gasteiger partial charge >= 0.3 is 5.97 Å². The number of fused-ring (bicyclic) bond motifs is 1. The van der Waals surface area contributed by atoms with E-state index in [1.807, 2.05) is 0 Å². The number of phenolic OH excluding ortho intramolecular Hbond substituents is 2. The smallest absolute Gasteiger partial charge is 0.335 e. The molecule has 3 aromatic rings. The summed E-state index contributed by atoms with van der Waals surface area (Å²) in [6.45, 7) is 0. The molecule has 0 saturated carbocycles. The molecule has 34 heavy (non-hydrogen) atoms. The fourth-order valence-electron chi connectivity index (χ4n) is 3.64. The molecule has 6 N–H and O–H groups in total. The summed E-state index contributed by atoms with van der Waals surface area (Å²) >= 11 is 0. The molecule has 12 nitrogen and oxygen atoms in total. The van der Waals surface area contributed by atoms with Gasteiger partial charge in [-0.15, -0.1) is 0 Å². The summed E-state index contributed by atoms with van der Waals surface area (Å²) in [6.07, 6.45) is -9.47. The van der Waals surface area contributed by atoms with Crippen molar-refractivity contribution in [3.63, 3.8) is 0 Å². The standard InChI is InChI=1S/C22H20O12/c1-31-18-13(33-22-17(28)15(26)16(27)20(34-22)21(29)30)7-11(25)14-10(24)6-12(32-19(14)18)8-4-2-3-5-9(8)23/h2-7,15-17,20,22-23,25-28H,1H3,(H,29,30). The van der Waals surface area contributed by atoms with E-state index in [1.165, 1.54) is 19.2 Å². The fourth-order valence-corrected chi connectivity index (χ4v) is 3.64. The van der Waals surface area contributed by atoms with Crippen molar-refractivity contribution in [2.75, 3.05) is 7.11 Å². The first-order chi connectivity index (χ1) is 16.1. The van der Waals surface area contributed by atoms with Crippen LogP contribution in [0.15, 0.2) is 45.6 Å². The number of ether oxygens (including phenoxy) is 3. The van der Waals surface area contributed by atoms with Crippen LogP contribution in [0.3, 0.4) is 0 Å². The zero-order valence-corrected chi connectivity index (χ0v) is 17.5. The molecular weight excluding hydrogens is 456 g/mol. The first-order valence-electron chi connectivity index (χ1n) is 9.89. The lowest BCUT2D eigenvalue weighted by Gasteiger charge is -2.38. The van der Waals surface area contributed by atoms with Gasteiger partial charge in [-0.3, -0.25) is 4.79 Å². The molecule has 1 aliphatic rings. The van der Waals surface area contributed by atoms with Crippen LogP contribution in [0, 0.1) is 0 Å². The molecule has 5 atom stereocenters. The molecule has 0 aliphatic carbocycles. The number of phenols is 2. The van der Waals surface area contributed by atoms with Crippen molar-refractivity contribution in [2.45, 2.75) is 30.7 Å². The number of aliphatic hydroxyl groups is 3. The molecule has 180 valence electrons. The minimum absolute atomic E-state index is 0.0520. The van der Waals surface area contributed by atoms with E-state index in [-0.39, 0.29) is 39.5 Å². The maximum atomic E-state index is 12.7. The average Bonchev–Trinajstić information content (AvgIpc) is 2.79. The van der Waals surface area contributed by atoms with E-state index in [2.05, 4.69) is 0 Å². The molecule has 2 aromatic carbocycles. The van der Waals surface area contributed by atoms with Gasteiger partial charge in [0.15, 0.2) is 22.9 Å². The number of hydrogen-bond acceptors (Lipinski definition) is 11. The Balaban J connectivity index is 1.83. The lowest BCUT2D eigenvalue weighted by molar-refractivity contribution is -0.271. The summed E-state index contributed by atoms with van der Waals surface area (Å²) in [5.41, 5.74) is -0.758. The molecule has 0 radical (unpaired) electrons. The molecule has 1 aliphatic heterocycles. The Morgan fingerprint density at radius 1 is 1.00 bits per heavy atom. The van der Waals surface area contributed by atoms with Crippen molar-refractivity contribution in [2.24, 2.45) is 0 Å². The highest BCUT2D eigenvalue weighted by Gasteiger charge is 2.48. The van der Waals surface area contributed by atoms with Crippen LogP contribution in [0.1, 0.15) is 0 Å². The van der Waals surface area contributed by atoms with Crippen molar-refractivity contribution in [1.29, 1.82) is 0 Å². The maximum Gasteiger partial charge on any atom is 0.335 e. The van der Waals surface area contributed by atoms with Gasteiger partial charge in [0.2, 0.25) is 12.0 Å².